The number of nitrogens with zero attached hydrogens (tertiary/aromatic N) is 2. The fraction of sp³-hybridized carbons (Fsp3) is 0.241. The zero-order valence-corrected chi connectivity index (χ0v) is 23.5. The number of rotatable bonds is 10. The van der Waals surface area contributed by atoms with E-state index in [-0.39, 0.29) is 17.2 Å². The van der Waals surface area contributed by atoms with Crippen molar-refractivity contribution >= 4 is 33.0 Å². The van der Waals surface area contributed by atoms with Gasteiger partial charge >= 0.3 is 0 Å². The Hall–Kier alpha value is -3.53. The lowest BCUT2D eigenvalue weighted by molar-refractivity contribution is -0.115. The maximum atomic E-state index is 13.3. The Kier molecular flexibility index (Phi) is 8.61. The highest BCUT2D eigenvalue weighted by Gasteiger charge is 2.24. The van der Waals surface area contributed by atoms with Crippen LogP contribution in [0.3, 0.4) is 0 Å². The quantitative estimate of drug-likeness (QED) is 0.262. The lowest BCUT2D eigenvalue weighted by Crippen LogP contribution is -2.30. The molecule has 0 aliphatic carbocycles. The molecule has 0 aliphatic heterocycles. The first-order chi connectivity index (χ1) is 18.3. The van der Waals surface area contributed by atoms with Crippen LogP contribution in [0.2, 0.25) is 0 Å². The van der Waals surface area contributed by atoms with Crippen molar-refractivity contribution < 1.29 is 17.9 Å². The number of aryl methyl sites for hydroxylation is 1. The lowest BCUT2D eigenvalue weighted by atomic mass is 10.1. The third-order valence-electron chi connectivity index (χ3n) is 6.15. The number of aromatic nitrogens is 1. The maximum absolute atomic E-state index is 13.3. The van der Waals surface area contributed by atoms with Crippen molar-refractivity contribution in [2.24, 2.45) is 0 Å². The summed E-state index contributed by atoms with van der Waals surface area (Å²) >= 11 is 1.54. The minimum Gasteiger partial charge on any atom is -0.495 e. The SMILES string of the molecule is CCN(CC)S(=O)(=O)c1ccc(OC)c(NC(=O)Cc2nc(-c3ccccc3)sc2-c2ccc(C)cc2)c1. The summed E-state index contributed by atoms with van der Waals surface area (Å²) in [6, 6.07) is 22.5. The first kappa shape index (κ1) is 27.5. The fourth-order valence-electron chi connectivity index (χ4n) is 4.11. The number of carbonyl (C=O) groups is 1. The van der Waals surface area contributed by atoms with Gasteiger partial charge in [0.25, 0.3) is 0 Å². The molecule has 0 saturated carbocycles. The van der Waals surface area contributed by atoms with E-state index in [1.54, 1.807) is 31.3 Å². The zero-order valence-electron chi connectivity index (χ0n) is 21.9. The van der Waals surface area contributed by atoms with Gasteiger partial charge in [-0.25, -0.2) is 13.4 Å². The lowest BCUT2D eigenvalue weighted by Gasteiger charge is -2.19. The molecule has 1 heterocycles. The predicted octanol–water partition coefficient (Wildman–Crippen LogP) is 6.01. The van der Waals surface area contributed by atoms with Gasteiger partial charge in [0.05, 0.1) is 34.7 Å². The number of hydrogen-bond acceptors (Lipinski definition) is 6. The van der Waals surface area contributed by atoms with Crippen molar-refractivity contribution in [3.8, 4) is 26.8 Å². The van der Waals surface area contributed by atoms with E-state index >= 15 is 0 Å². The van der Waals surface area contributed by atoms with Crippen LogP contribution < -0.4 is 10.1 Å². The van der Waals surface area contributed by atoms with Gasteiger partial charge in [0, 0.05) is 18.7 Å². The van der Waals surface area contributed by atoms with Crippen molar-refractivity contribution in [2.75, 3.05) is 25.5 Å². The van der Waals surface area contributed by atoms with E-state index in [4.69, 9.17) is 9.72 Å². The van der Waals surface area contributed by atoms with Crippen LogP contribution in [0.1, 0.15) is 25.1 Å². The van der Waals surface area contributed by atoms with E-state index < -0.39 is 10.0 Å². The normalized spacial score (nSPS) is 11.5. The molecule has 0 spiro atoms. The Labute approximate surface area is 228 Å². The fourth-order valence-corrected chi connectivity index (χ4v) is 6.69. The minimum absolute atomic E-state index is 0.0166. The highest BCUT2D eigenvalue weighted by molar-refractivity contribution is 7.89. The summed E-state index contributed by atoms with van der Waals surface area (Å²) in [6.07, 6.45) is 0.0166. The molecule has 0 fully saturated rings. The molecular weight excluding hydrogens is 518 g/mol. The maximum Gasteiger partial charge on any atom is 0.243 e. The minimum atomic E-state index is -3.70. The Morgan fingerprint density at radius 2 is 1.66 bits per heavy atom. The van der Waals surface area contributed by atoms with Gasteiger partial charge in [0.2, 0.25) is 15.9 Å². The first-order valence-electron chi connectivity index (χ1n) is 12.4. The molecule has 0 unspecified atom stereocenters. The molecule has 9 heteroatoms. The third kappa shape index (κ3) is 5.96. The molecule has 0 atom stereocenters. The van der Waals surface area contributed by atoms with Gasteiger partial charge in [-0.15, -0.1) is 11.3 Å². The van der Waals surface area contributed by atoms with Gasteiger partial charge in [-0.2, -0.15) is 4.31 Å². The molecule has 4 aromatic rings. The smallest absolute Gasteiger partial charge is 0.243 e. The number of sulfonamides is 1. The van der Waals surface area contributed by atoms with Gasteiger partial charge < -0.3 is 10.1 Å². The van der Waals surface area contributed by atoms with Crippen molar-refractivity contribution in [3.63, 3.8) is 0 Å². The molecular formula is C29H31N3O4S2. The summed E-state index contributed by atoms with van der Waals surface area (Å²) in [5.74, 6) is 0.0535. The van der Waals surface area contributed by atoms with E-state index in [9.17, 15) is 13.2 Å². The molecule has 1 aromatic heterocycles. The Bertz CT molecular complexity index is 1510. The topological polar surface area (TPSA) is 88.6 Å². The number of ether oxygens (including phenoxy) is 1. The van der Waals surface area contributed by atoms with Crippen LogP contribution >= 0.6 is 11.3 Å². The summed E-state index contributed by atoms with van der Waals surface area (Å²) in [4.78, 5) is 19.1. The summed E-state index contributed by atoms with van der Waals surface area (Å²) in [7, 11) is -2.22. The number of methoxy groups -OCH3 is 1. The highest BCUT2D eigenvalue weighted by atomic mass is 32.2. The average molecular weight is 550 g/mol. The number of carbonyl (C=O) groups excluding carboxylic acids is 1. The summed E-state index contributed by atoms with van der Waals surface area (Å²) in [5, 5.41) is 3.68. The molecule has 1 N–H and O–H groups in total. The molecule has 7 nitrogen and oxygen atoms in total. The van der Waals surface area contributed by atoms with Crippen LogP contribution in [0.5, 0.6) is 5.75 Å². The van der Waals surface area contributed by atoms with Crippen LogP contribution in [0.15, 0.2) is 77.7 Å². The second-order valence-corrected chi connectivity index (χ2v) is 11.6. The molecule has 0 radical (unpaired) electrons. The number of thiazole rings is 1. The average Bonchev–Trinajstić information content (AvgIpc) is 3.33. The van der Waals surface area contributed by atoms with Crippen LogP contribution in [0.25, 0.3) is 21.0 Å². The summed E-state index contributed by atoms with van der Waals surface area (Å²) < 4.78 is 32.9. The van der Waals surface area contributed by atoms with Crippen LogP contribution in [-0.4, -0.2) is 43.8 Å². The van der Waals surface area contributed by atoms with E-state index in [0.29, 0.717) is 30.2 Å². The van der Waals surface area contributed by atoms with Crippen molar-refractivity contribution in [3.05, 3.63) is 84.1 Å². The Balaban J connectivity index is 1.66. The highest BCUT2D eigenvalue weighted by Crippen LogP contribution is 2.36. The van der Waals surface area contributed by atoms with Gasteiger partial charge in [-0.1, -0.05) is 74.0 Å². The van der Waals surface area contributed by atoms with E-state index in [0.717, 1.165) is 26.6 Å². The molecule has 1 amide bonds. The number of nitrogens with one attached hydrogen (secondary N) is 1. The molecule has 38 heavy (non-hydrogen) atoms. The molecule has 3 aromatic carbocycles. The van der Waals surface area contributed by atoms with E-state index in [1.165, 1.54) is 23.5 Å². The van der Waals surface area contributed by atoms with Crippen molar-refractivity contribution in [1.82, 2.24) is 9.29 Å². The largest absolute Gasteiger partial charge is 0.495 e. The zero-order chi connectivity index (χ0) is 27.3. The summed E-state index contributed by atoms with van der Waals surface area (Å²) in [5.41, 5.74) is 4.06. The third-order valence-corrected chi connectivity index (χ3v) is 9.39. The number of hydrogen-bond donors (Lipinski definition) is 1. The number of anilines is 1. The van der Waals surface area contributed by atoms with Gasteiger partial charge in [0.1, 0.15) is 10.8 Å². The van der Waals surface area contributed by atoms with Crippen molar-refractivity contribution in [1.29, 1.82) is 0 Å². The van der Waals surface area contributed by atoms with Crippen LogP contribution in [0, 0.1) is 6.92 Å². The van der Waals surface area contributed by atoms with Gasteiger partial charge in [-0.05, 0) is 30.7 Å². The molecule has 0 saturated heterocycles. The Morgan fingerprint density at radius 1 is 0.974 bits per heavy atom. The van der Waals surface area contributed by atoms with Crippen LogP contribution in [-0.2, 0) is 21.2 Å². The Morgan fingerprint density at radius 3 is 2.29 bits per heavy atom. The second-order valence-electron chi connectivity index (χ2n) is 8.70. The van der Waals surface area contributed by atoms with Crippen LogP contribution in [0.4, 0.5) is 5.69 Å². The van der Waals surface area contributed by atoms with E-state index in [2.05, 4.69) is 5.32 Å². The molecule has 0 aliphatic rings. The number of benzene rings is 3. The molecule has 198 valence electrons. The van der Waals surface area contributed by atoms with E-state index in [1.807, 2.05) is 61.5 Å². The standard InChI is InChI=1S/C29H31N3O4S2/c1-5-32(6-2)38(34,35)23-16-17-26(36-4)24(18-23)30-27(33)19-25-28(21-14-12-20(3)13-15-21)37-29(31-25)22-10-8-7-9-11-22/h7-18H,5-6,19H2,1-4H3,(H,30,33). The van der Waals surface area contributed by atoms with Crippen molar-refractivity contribution in [2.45, 2.75) is 32.1 Å². The predicted molar refractivity (Wildman–Crippen MR) is 153 cm³/mol. The monoisotopic (exact) mass is 549 g/mol. The van der Waals surface area contributed by atoms with Gasteiger partial charge in [0.15, 0.2) is 0 Å². The second kappa shape index (κ2) is 11.9. The molecule has 4 rings (SSSR count). The number of amides is 1. The molecule has 0 bridgehead atoms. The summed E-state index contributed by atoms with van der Waals surface area (Å²) in [6.45, 7) is 6.30. The van der Waals surface area contributed by atoms with Gasteiger partial charge in [-0.3, -0.25) is 4.79 Å². The first-order valence-corrected chi connectivity index (χ1v) is 14.6.